The molecule has 0 saturated carbocycles. The third kappa shape index (κ3) is 3.07. The third-order valence-electron chi connectivity index (χ3n) is 3.69. The molecular weight excluding hydrogens is 402 g/mol. The Morgan fingerprint density at radius 3 is 2.78 bits per heavy atom. The molecule has 1 aliphatic rings. The second-order valence-corrected chi connectivity index (χ2v) is 8.40. The zero-order valence-corrected chi connectivity index (χ0v) is 15.6. The van der Waals surface area contributed by atoms with Crippen LogP contribution >= 0.6 is 27.5 Å². The maximum absolute atomic E-state index is 13.1. The van der Waals surface area contributed by atoms with Gasteiger partial charge in [0.2, 0.25) is 0 Å². The predicted octanol–water partition coefficient (Wildman–Crippen LogP) is 4.39. The lowest BCUT2D eigenvalue weighted by molar-refractivity contribution is 0.322. The van der Waals surface area contributed by atoms with Crippen LogP contribution in [0.1, 0.15) is 12.0 Å². The molecule has 2 aromatic carbocycles. The van der Waals surface area contributed by atoms with E-state index in [1.165, 1.54) is 16.4 Å². The molecule has 0 fully saturated rings. The van der Waals surface area contributed by atoms with Crippen LogP contribution in [-0.2, 0) is 10.0 Å². The summed E-state index contributed by atoms with van der Waals surface area (Å²) in [5, 5.41) is 0.472. The van der Waals surface area contributed by atoms with Crippen LogP contribution in [0, 0.1) is 6.92 Å². The molecule has 0 radical (unpaired) electrons. The van der Waals surface area contributed by atoms with E-state index in [-0.39, 0.29) is 4.90 Å². The standard InChI is InChI=1S/C16H15BrClNO3S/c1-11-4-2-5-15-16(11)19(8-3-9-22-15)23(20,21)12-6-7-14(18)13(17)10-12/h2,4-7,10H,3,8-9H2,1H3. The van der Waals surface area contributed by atoms with Gasteiger partial charge in [0.25, 0.3) is 10.0 Å². The second kappa shape index (κ2) is 6.34. The zero-order chi connectivity index (χ0) is 16.6. The zero-order valence-electron chi connectivity index (χ0n) is 12.4. The summed E-state index contributed by atoms with van der Waals surface area (Å²) in [4.78, 5) is 0.199. The molecule has 0 atom stereocenters. The lowest BCUT2D eigenvalue weighted by Gasteiger charge is -2.25. The molecule has 122 valence electrons. The van der Waals surface area contributed by atoms with Gasteiger partial charge in [0.15, 0.2) is 0 Å². The minimum absolute atomic E-state index is 0.199. The highest BCUT2D eigenvalue weighted by Gasteiger charge is 2.30. The third-order valence-corrected chi connectivity index (χ3v) is 6.70. The Morgan fingerprint density at radius 1 is 1.26 bits per heavy atom. The van der Waals surface area contributed by atoms with Crippen molar-refractivity contribution in [3.63, 3.8) is 0 Å². The molecule has 0 N–H and O–H groups in total. The van der Waals surface area contributed by atoms with Crippen molar-refractivity contribution in [1.82, 2.24) is 0 Å². The average molecular weight is 417 g/mol. The summed E-state index contributed by atoms with van der Waals surface area (Å²) >= 11 is 9.26. The Hall–Kier alpha value is -1.24. The Morgan fingerprint density at radius 2 is 2.04 bits per heavy atom. The van der Waals surface area contributed by atoms with Crippen LogP contribution < -0.4 is 9.04 Å². The van der Waals surface area contributed by atoms with Crippen molar-refractivity contribution in [1.29, 1.82) is 0 Å². The first-order valence-electron chi connectivity index (χ1n) is 7.11. The van der Waals surface area contributed by atoms with E-state index in [0.29, 0.717) is 40.5 Å². The lowest BCUT2D eigenvalue weighted by Crippen LogP contribution is -2.32. The van der Waals surface area contributed by atoms with Crippen LogP contribution in [0.5, 0.6) is 5.75 Å². The maximum Gasteiger partial charge on any atom is 0.264 e. The van der Waals surface area contributed by atoms with Crippen molar-refractivity contribution in [2.24, 2.45) is 0 Å². The lowest BCUT2D eigenvalue weighted by atomic mass is 10.2. The number of benzene rings is 2. The van der Waals surface area contributed by atoms with Gasteiger partial charge in [0.1, 0.15) is 5.75 Å². The topological polar surface area (TPSA) is 46.6 Å². The number of ether oxygens (including phenoxy) is 1. The highest BCUT2D eigenvalue weighted by Crippen LogP contribution is 2.38. The molecule has 0 unspecified atom stereocenters. The number of para-hydroxylation sites is 1. The molecule has 3 rings (SSSR count). The van der Waals surface area contributed by atoms with Gasteiger partial charge >= 0.3 is 0 Å². The van der Waals surface area contributed by atoms with E-state index in [0.717, 1.165) is 5.56 Å². The van der Waals surface area contributed by atoms with Gasteiger partial charge in [0.05, 0.1) is 22.2 Å². The van der Waals surface area contributed by atoms with Crippen LogP contribution in [0.3, 0.4) is 0 Å². The molecule has 2 aromatic rings. The van der Waals surface area contributed by atoms with Crippen LogP contribution in [0.4, 0.5) is 5.69 Å². The van der Waals surface area contributed by atoms with Crippen molar-refractivity contribution in [3.05, 3.63) is 51.5 Å². The Kier molecular flexibility index (Phi) is 4.58. The molecule has 23 heavy (non-hydrogen) atoms. The monoisotopic (exact) mass is 415 g/mol. The van der Waals surface area contributed by atoms with Crippen molar-refractivity contribution in [2.45, 2.75) is 18.2 Å². The summed E-state index contributed by atoms with van der Waals surface area (Å²) in [6.07, 6.45) is 0.627. The molecule has 0 aliphatic carbocycles. The number of nitrogens with zero attached hydrogens (tertiary/aromatic N) is 1. The van der Waals surface area contributed by atoms with Gasteiger partial charge in [-0.25, -0.2) is 8.42 Å². The van der Waals surface area contributed by atoms with E-state index < -0.39 is 10.0 Å². The van der Waals surface area contributed by atoms with Gasteiger partial charge in [-0.1, -0.05) is 23.7 Å². The van der Waals surface area contributed by atoms with Gasteiger partial charge < -0.3 is 4.74 Å². The number of fused-ring (bicyclic) bond motifs is 1. The first kappa shape index (κ1) is 16.6. The number of rotatable bonds is 2. The van der Waals surface area contributed by atoms with Gasteiger partial charge in [-0.2, -0.15) is 0 Å². The van der Waals surface area contributed by atoms with Gasteiger partial charge in [-0.15, -0.1) is 0 Å². The first-order chi connectivity index (χ1) is 10.9. The van der Waals surface area contributed by atoms with Crippen LogP contribution in [0.2, 0.25) is 5.02 Å². The summed E-state index contributed by atoms with van der Waals surface area (Å²) in [6, 6.07) is 10.2. The number of hydrogen-bond donors (Lipinski definition) is 0. The van der Waals surface area contributed by atoms with E-state index in [4.69, 9.17) is 16.3 Å². The summed E-state index contributed by atoms with van der Waals surface area (Å²) in [5.74, 6) is 0.596. The molecule has 1 heterocycles. The van der Waals surface area contributed by atoms with Crippen molar-refractivity contribution < 1.29 is 13.2 Å². The minimum Gasteiger partial charge on any atom is -0.491 e. The normalized spacial score (nSPS) is 14.8. The number of anilines is 1. The maximum atomic E-state index is 13.1. The Labute approximate surface area is 149 Å². The molecule has 0 saturated heterocycles. The molecule has 7 heteroatoms. The van der Waals surface area contributed by atoms with Crippen LogP contribution in [-0.4, -0.2) is 21.6 Å². The number of sulfonamides is 1. The molecule has 4 nitrogen and oxygen atoms in total. The molecule has 0 spiro atoms. The largest absolute Gasteiger partial charge is 0.491 e. The van der Waals surface area contributed by atoms with Crippen molar-refractivity contribution in [3.8, 4) is 5.75 Å². The van der Waals surface area contributed by atoms with Gasteiger partial charge in [-0.05, 0) is 52.7 Å². The fourth-order valence-electron chi connectivity index (χ4n) is 2.58. The predicted molar refractivity (Wildman–Crippen MR) is 95.0 cm³/mol. The summed E-state index contributed by atoms with van der Waals surface area (Å²) < 4.78 is 33.9. The van der Waals surface area contributed by atoms with E-state index in [2.05, 4.69) is 15.9 Å². The van der Waals surface area contributed by atoms with Crippen LogP contribution in [0.15, 0.2) is 45.8 Å². The van der Waals surface area contributed by atoms with Crippen LogP contribution in [0.25, 0.3) is 0 Å². The fraction of sp³-hybridized carbons (Fsp3) is 0.250. The highest BCUT2D eigenvalue weighted by atomic mass is 79.9. The molecule has 0 aromatic heterocycles. The number of aryl methyl sites for hydroxylation is 1. The number of hydrogen-bond acceptors (Lipinski definition) is 3. The summed E-state index contributed by atoms with van der Waals surface area (Å²) in [6.45, 7) is 2.75. The SMILES string of the molecule is Cc1cccc2c1N(S(=O)(=O)c1ccc(Cl)c(Br)c1)CCCO2. The Balaban J connectivity index is 2.15. The average Bonchev–Trinajstić information content (AvgIpc) is 2.73. The summed E-state index contributed by atoms with van der Waals surface area (Å²) in [7, 11) is -3.70. The van der Waals surface area contributed by atoms with E-state index in [1.54, 1.807) is 12.1 Å². The minimum atomic E-state index is -3.70. The fourth-order valence-corrected chi connectivity index (χ4v) is 4.83. The molecule has 0 bridgehead atoms. The first-order valence-corrected chi connectivity index (χ1v) is 9.72. The molecular formula is C16H15BrClNO3S. The van der Waals surface area contributed by atoms with Crippen molar-refractivity contribution >= 4 is 43.2 Å². The smallest absolute Gasteiger partial charge is 0.264 e. The van der Waals surface area contributed by atoms with Gasteiger partial charge in [0, 0.05) is 17.4 Å². The van der Waals surface area contributed by atoms with E-state index in [1.807, 2.05) is 19.1 Å². The van der Waals surface area contributed by atoms with Crippen molar-refractivity contribution in [2.75, 3.05) is 17.5 Å². The second-order valence-electron chi connectivity index (χ2n) is 5.28. The Bertz CT molecular complexity index is 854. The number of halogens is 2. The van der Waals surface area contributed by atoms with E-state index in [9.17, 15) is 8.42 Å². The molecule has 0 amide bonds. The van der Waals surface area contributed by atoms with E-state index >= 15 is 0 Å². The quantitative estimate of drug-likeness (QED) is 0.729. The summed E-state index contributed by atoms with van der Waals surface area (Å²) in [5.41, 5.74) is 1.47. The van der Waals surface area contributed by atoms with Gasteiger partial charge in [-0.3, -0.25) is 4.31 Å². The molecule has 1 aliphatic heterocycles. The highest BCUT2D eigenvalue weighted by molar-refractivity contribution is 9.10.